The van der Waals surface area contributed by atoms with Crippen LogP contribution in [-0.4, -0.2) is 24.1 Å². The summed E-state index contributed by atoms with van der Waals surface area (Å²) in [5.41, 5.74) is -8.10. The average molecular weight is 241 g/mol. The summed E-state index contributed by atoms with van der Waals surface area (Å²) in [6.07, 6.45) is 0. The van der Waals surface area contributed by atoms with Gasteiger partial charge >= 0.3 is 5.51 Å². The summed E-state index contributed by atoms with van der Waals surface area (Å²) in [5.74, 6) is 0. The number of hydrogen-bond acceptors (Lipinski definition) is 4. The molecule has 6 nitrogen and oxygen atoms in total. The monoisotopic (exact) mass is 241 g/mol. The minimum absolute atomic E-state index is 0.975. The molecule has 0 unspecified atom stereocenters. The molecule has 0 aliphatic rings. The SMILES string of the molecule is N#Cc1[nH][nH]c(=O)c1S(=O)(=O)C(F)(F)F. The molecule has 0 saturated heterocycles. The zero-order chi connectivity index (χ0) is 11.9. The van der Waals surface area contributed by atoms with Crippen LogP contribution < -0.4 is 5.56 Å². The van der Waals surface area contributed by atoms with Gasteiger partial charge in [-0.3, -0.25) is 15.0 Å². The zero-order valence-electron chi connectivity index (χ0n) is 6.71. The summed E-state index contributed by atoms with van der Waals surface area (Å²) in [7, 11) is -5.80. The van der Waals surface area contributed by atoms with Crippen LogP contribution in [0.15, 0.2) is 9.69 Å². The van der Waals surface area contributed by atoms with Gasteiger partial charge in [0.15, 0.2) is 10.6 Å². The molecule has 2 N–H and O–H groups in total. The average Bonchev–Trinajstić information content (AvgIpc) is 2.44. The van der Waals surface area contributed by atoms with Gasteiger partial charge in [-0.2, -0.15) is 18.4 Å². The zero-order valence-corrected chi connectivity index (χ0v) is 7.53. The maximum Gasteiger partial charge on any atom is 0.502 e. The number of rotatable bonds is 1. The first-order chi connectivity index (χ1) is 6.71. The number of sulfone groups is 1. The Morgan fingerprint density at radius 2 is 1.80 bits per heavy atom. The quantitative estimate of drug-likeness (QED) is 0.713. The molecule has 0 bridgehead atoms. The minimum atomic E-state index is -5.80. The van der Waals surface area contributed by atoms with Crippen molar-refractivity contribution >= 4 is 9.84 Å². The number of aromatic nitrogens is 2. The van der Waals surface area contributed by atoms with Crippen molar-refractivity contribution in [2.24, 2.45) is 0 Å². The lowest BCUT2D eigenvalue weighted by Crippen LogP contribution is -2.28. The van der Waals surface area contributed by atoms with E-state index in [9.17, 15) is 26.4 Å². The Balaban J connectivity index is 3.63. The predicted octanol–water partition coefficient (Wildman–Crippen LogP) is -0.132. The van der Waals surface area contributed by atoms with Gasteiger partial charge in [0.1, 0.15) is 6.07 Å². The van der Waals surface area contributed by atoms with E-state index in [4.69, 9.17) is 5.26 Å². The Hall–Kier alpha value is -1.76. The molecule has 15 heavy (non-hydrogen) atoms. The van der Waals surface area contributed by atoms with Gasteiger partial charge in [-0.15, -0.1) is 0 Å². The van der Waals surface area contributed by atoms with E-state index >= 15 is 0 Å². The van der Waals surface area contributed by atoms with E-state index in [-0.39, 0.29) is 0 Å². The summed E-state index contributed by atoms with van der Waals surface area (Å²) < 4.78 is 57.7. The van der Waals surface area contributed by atoms with Crippen LogP contribution in [0.2, 0.25) is 0 Å². The van der Waals surface area contributed by atoms with Crippen LogP contribution >= 0.6 is 0 Å². The van der Waals surface area contributed by atoms with Gasteiger partial charge in [0.2, 0.25) is 0 Å². The molecule has 1 rings (SSSR count). The van der Waals surface area contributed by atoms with Crippen molar-refractivity contribution < 1.29 is 21.6 Å². The van der Waals surface area contributed by atoms with Crippen LogP contribution in [0.4, 0.5) is 13.2 Å². The second-order valence-corrected chi connectivity index (χ2v) is 4.22. The number of halogens is 3. The van der Waals surface area contributed by atoms with Crippen LogP contribution in [0.5, 0.6) is 0 Å². The first-order valence-corrected chi connectivity index (χ1v) is 4.72. The molecule has 0 fully saturated rings. The molecule has 1 aromatic rings. The Morgan fingerprint density at radius 3 is 2.20 bits per heavy atom. The Labute approximate surface area is 80.2 Å². The van der Waals surface area contributed by atoms with Crippen LogP contribution in [0.25, 0.3) is 0 Å². The van der Waals surface area contributed by atoms with Gasteiger partial charge in [0.05, 0.1) is 0 Å². The highest BCUT2D eigenvalue weighted by Gasteiger charge is 2.50. The Kier molecular flexibility index (Phi) is 2.36. The molecule has 0 aliphatic heterocycles. The molecular formula is C5H2F3N3O3S. The minimum Gasteiger partial charge on any atom is -0.287 e. The summed E-state index contributed by atoms with van der Waals surface area (Å²) in [4.78, 5) is 9.16. The van der Waals surface area contributed by atoms with Crippen LogP contribution in [-0.2, 0) is 9.84 Å². The second-order valence-electron chi connectivity index (χ2n) is 2.34. The highest BCUT2D eigenvalue weighted by atomic mass is 32.2. The Bertz CT molecular complexity index is 573. The number of alkyl halides is 3. The molecule has 1 aromatic heterocycles. The molecule has 0 radical (unpaired) electrons. The molecule has 0 saturated carbocycles. The van der Waals surface area contributed by atoms with E-state index in [1.165, 1.54) is 0 Å². The molecule has 82 valence electrons. The molecular weight excluding hydrogens is 239 g/mol. The van der Waals surface area contributed by atoms with E-state index in [1.54, 1.807) is 10.2 Å². The van der Waals surface area contributed by atoms with Crippen molar-refractivity contribution in [2.75, 3.05) is 0 Å². The number of aromatic amines is 2. The Morgan fingerprint density at radius 1 is 1.27 bits per heavy atom. The predicted molar refractivity (Wildman–Crippen MR) is 39.4 cm³/mol. The largest absolute Gasteiger partial charge is 0.502 e. The van der Waals surface area contributed by atoms with E-state index in [0.29, 0.717) is 0 Å². The first-order valence-electron chi connectivity index (χ1n) is 3.24. The smallest absolute Gasteiger partial charge is 0.287 e. The molecule has 0 spiro atoms. The third-order valence-electron chi connectivity index (χ3n) is 1.42. The maximum atomic E-state index is 12.0. The maximum absolute atomic E-state index is 12.0. The third-order valence-corrected chi connectivity index (χ3v) is 2.96. The molecule has 10 heteroatoms. The van der Waals surface area contributed by atoms with Gasteiger partial charge in [-0.05, 0) is 0 Å². The van der Waals surface area contributed by atoms with Gasteiger partial charge < -0.3 is 0 Å². The van der Waals surface area contributed by atoms with Gasteiger partial charge in [-0.25, -0.2) is 8.42 Å². The number of H-pyrrole nitrogens is 2. The standard InChI is InChI=1S/C5H2F3N3O3S/c6-5(7,8)15(13,14)3-2(1-9)10-11-4(3)12/h(H2,10,11,12). The summed E-state index contributed by atoms with van der Waals surface area (Å²) in [6, 6.07) is 1.13. The van der Waals surface area contributed by atoms with Gasteiger partial charge in [-0.1, -0.05) is 0 Å². The number of nitrogens with zero attached hydrogens (tertiary/aromatic N) is 1. The topological polar surface area (TPSA) is 107 Å². The number of nitrogens with one attached hydrogen (secondary N) is 2. The first kappa shape index (κ1) is 11.3. The lowest BCUT2D eigenvalue weighted by atomic mass is 10.5. The van der Waals surface area contributed by atoms with E-state index in [0.717, 1.165) is 6.07 Å². The highest BCUT2D eigenvalue weighted by Crippen LogP contribution is 2.29. The van der Waals surface area contributed by atoms with Crippen LogP contribution in [0, 0.1) is 11.3 Å². The van der Waals surface area contributed by atoms with E-state index in [2.05, 4.69) is 0 Å². The summed E-state index contributed by atoms with van der Waals surface area (Å²) in [6.45, 7) is 0. The van der Waals surface area contributed by atoms with Crippen molar-refractivity contribution in [1.82, 2.24) is 10.2 Å². The highest BCUT2D eigenvalue weighted by molar-refractivity contribution is 7.92. The number of hydrogen-bond donors (Lipinski definition) is 2. The van der Waals surface area contributed by atoms with Crippen LogP contribution in [0.3, 0.4) is 0 Å². The number of nitriles is 1. The third kappa shape index (κ3) is 1.61. The van der Waals surface area contributed by atoms with Gasteiger partial charge in [0.25, 0.3) is 15.4 Å². The van der Waals surface area contributed by atoms with Crippen LogP contribution in [0.1, 0.15) is 5.69 Å². The van der Waals surface area contributed by atoms with Gasteiger partial charge in [0, 0.05) is 0 Å². The van der Waals surface area contributed by atoms with Crippen molar-refractivity contribution in [1.29, 1.82) is 5.26 Å². The molecule has 0 amide bonds. The molecule has 0 aromatic carbocycles. The summed E-state index contributed by atoms with van der Waals surface area (Å²) in [5, 5.41) is 11.6. The summed E-state index contributed by atoms with van der Waals surface area (Å²) >= 11 is 0. The lowest BCUT2D eigenvalue weighted by molar-refractivity contribution is -0.0436. The van der Waals surface area contributed by atoms with Crippen molar-refractivity contribution in [3.05, 3.63) is 16.0 Å². The molecule has 0 aliphatic carbocycles. The molecule has 0 atom stereocenters. The lowest BCUT2D eigenvalue weighted by Gasteiger charge is -2.04. The van der Waals surface area contributed by atoms with Crippen molar-refractivity contribution in [3.63, 3.8) is 0 Å². The molecule has 1 heterocycles. The van der Waals surface area contributed by atoms with Crippen molar-refractivity contribution in [3.8, 4) is 6.07 Å². The fourth-order valence-corrected chi connectivity index (χ4v) is 1.69. The fourth-order valence-electron chi connectivity index (χ4n) is 0.797. The van der Waals surface area contributed by atoms with Crippen molar-refractivity contribution in [2.45, 2.75) is 10.4 Å². The van der Waals surface area contributed by atoms with E-state index < -0.39 is 31.5 Å². The second kappa shape index (κ2) is 3.13. The van der Waals surface area contributed by atoms with E-state index in [1.807, 2.05) is 0 Å². The normalized spacial score (nSPS) is 12.4. The fraction of sp³-hybridized carbons (Fsp3) is 0.200.